The van der Waals surface area contributed by atoms with Gasteiger partial charge in [0.05, 0.1) is 29.0 Å². The summed E-state index contributed by atoms with van der Waals surface area (Å²) in [5.74, 6) is 1.78. The number of aryl methyl sites for hydroxylation is 1. The summed E-state index contributed by atoms with van der Waals surface area (Å²) in [6, 6.07) is 31.9. The van der Waals surface area contributed by atoms with Gasteiger partial charge in [-0.15, -0.1) is 0 Å². The Morgan fingerprint density at radius 3 is 1.95 bits per heavy atom. The Kier molecular flexibility index (Phi) is 9.27. The Morgan fingerprint density at radius 2 is 1.23 bits per heavy atom. The lowest BCUT2D eigenvalue weighted by atomic mass is 9.95. The van der Waals surface area contributed by atoms with Gasteiger partial charge in [-0.25, -0.2) is 4.42 Å². The van der Waals surface area contributed by atoms with Crippen LogP contribution in [-0.2, 0) is 0 Å². The summed E-state index contributed by atoms with van der Waals surface area (Å²) >= 11 is 0. The van der Waals surface area contributed by atoms with Gasteiger partial charge in [0, 0.05) is 5.56 Å². The van der Waals surface area contributed by atoms with E-state index < -0.39 is 0 Å². The number of rotatable bonds is 13. The molecule has 0 atom stereocenters. The Morgan fingerprint density at radius 1 is 0.590 bits per heavy atom. The van der Waals surface area contributed by atoms with Crippen LogP contribution in [0, 0.1) is 6.92 Å². The van der Waals surface area contributed by atoms with Crippen molar-refractivity contribution in [1.29, 1.82) is 0 Å². The van der Waals surface area contributed by atoms with E-state index in [0.29, 0.717) is 0 Å². The Balaban J connectivity index is 1.31. The molecule has 0 saturated heterocycles. The SMILES string of the molecule is CCCCCCCCCCCOc1ccc(-c2cc(-c3ccccc3)c3cc(C)c4ccccc4c3[o+]2)cc1. The average Bonchev–Trinajstić information content (AvgIpc) is 2.99. The maximum absolute atomic E-state index is 6.64. The minimum atomic E-state index is 0.777. The fourth-order valence-electron chi connectivity index (χ4n) is 5.51. The van der Waals surface area contributed by atoms with E-state index in [4.69, 9.17) is 9.15 Å². The lowest BCUT2D eigenvalue weighted by Crippen LogP contribution is -1.97. The number of hydrogen-bond acceptors (Lipinski definition) is 1. The van der Waals surface area contributed by atoms with Crippen LogP contribution in [0.3, 0.4) is 0 Å². The Bertz CT molecular complexity index is 1490. The molecule has 0 aliphatic carbocycles. The molecule has 0 fully saturated rings. The molecule has 2 nitrogen and oxygen atoms in total. The van der Waals surface area contributed by atoms with Crippen molar-refractivity contribution in [2.45, 2.75) is 71.6 Å². The average molecular weight is 518 g/mol. The molecule has 0 bridgehead atoms. The van der Waals surface area contributed by atoms with Crippen molar-refractivity contribution in [2.24, 2.45) is 0 Å². The first-order chi connectivity index (χ1) is 19.2. The van der Waals surface area contributed by atoms with Crippen LogP contribution in [0.1, 0.15) is 70.3 Å². The third kappa shape index (κ3) is 6.68. The number of unbranched alkanes of at least 4 members (excludes halogenated alkanes) is 8. The molecule has 200 valence electrons. The van der Waals surface area contributed by atoms with Crippen LogP contribution in [0.5, 0.6) is 5.75 Å². The van der Waals surface area contributed by atoms with Gasteiger partial charge in [0.25, 0.3) is 0 Å². The van der Waals surface area contributed by atoms with Gasteiger partial charge in [-0.2, -0.15) is 0 Å². The third-order valence-corrected chi connectivity index (χ3v) is 7.72. The van der Waals surface area contributed by atoms with Gasteiger partial charge in [-0.1, -0.05) is 107 Å². The first-order valence-corrected chi connectivity index (χ1v) is 14.8. The minimum absolute atomic E-state index is 0.777. The molecule has 39 heavy (non-hydrogen) atoms. The van der Waals surface area contributed by atoms with Crippen molar-refractivity contribution in [3.63, 3.8) is 0 Å². The van der Waals surface area contributed by atoms with Gasteiger partial charge < -0.3 is 4.74 Å². The standard InChI is InChI=1S/C37H41O2/c1-3-4-5-6-7-8-9-10-16-25-38-31-23-21-30(22-24-31)36-27-34(29-17-12-11-13-18-29)35-26-28(2)32-19-14-15-20-33(32)37(35)39-36/h11-15,17-24,26-27H,3-10,16,25H2,1-2H3/q+1. The predicted molar refractivity (Wildman–Crippen MR) is 166 cm³/mol. The van der Waals surface area contributed by atoms with Gasteiger partial charge in [0.2, 0.25) is 0 Å². The van der Waals surface area contributed by atoms with E-state index in [1.165, 1.54) is 73.4 Å². The molecule has 1 heterocycles. The highest BCUT2D eigenvalue weighted by atomic mass is 16.5. The molecular formula is C37H41O2+. The quantitative estimate of drug-likeness (QED) is 0.0879. The maximum atomic E-state index is 6.64. The summed E-state index contributed by atoms with van der Waals surface area (Å²) in [7, 11) is 0. The second-order valence-electron chi connectivity index (χ2n) is 10.7. The molecule has 0 spiro atoms. The largest absolute Gasteiger partial charge is 0.494 e. The number of fused-ring (bicyclic) bond motifs is 3. The minimum Gasteiger partial charge on any atom is -0.494 e. The van der Waals surface area contributed by atoms with Crippen LogP contribution in [0.4, 0.5) is 0 Å². The number of ether oxygens (including phenoxy) is 1. The van der Waals surface area contributed by atoms with Gasteiger partial charge in [0.15, 0.2) is 0 Å². The fraction of sp³-hybridized carbons (Fsp3) is 0.324. The third-order valence-electron chi connectivity index (χ3n) is 7.72. The molecule has 4 aromatic carbocycles. The smallest absolute Gasteiger partial charge is 0.369 e. The summed E-state index contributed by atoms with van der Waals surface area (Å²) in [4.78, 5) is 0. The molecule has 0 radical (unpaired) electrons. The summed E-state index contributed by atoms with van der Waals surface area (Å²) < 4.78 is 12.7. The molecule has 1 aromatic heterocycles. The molecule has 5 rings (SSSR count). The van der Waals surface area contributed by atoms with E-state index in [1.807, 2.05) is 0 Å². The van der Waals surface area contributed by atoms with E-state index in [0.717, 1.165) is 46.5 Å². The van der Waals surface area contributed by atoms with Crippen LogP contribution in [-0.4, -0.2) is 6.61 Å². The molecule has 2 heteroatoms. The molecule has 0 aliphatic heterocycles. The van der Waals surface area contributed by atoms with Crippen LogP contribution in [0.25, 0.3) is 44.2 Å². The van der Waals surface area contributed by atoms with Gasteiger partial charge >= 0.3 is 11.3 Å². The van der Waals surface area contributed by atoms with Crippen molar-refractivity contribution < 1.29 is 9.15 Å². The zero-order chi connectivity index (χ0) is 26.9. The van der Waals surface area contributed by atoms with Crippen molar-refractivity contribution in [2.75, 3.05) is 6.61 Å². The summed E-state index contributed by atoms with van der Waals surface area (Å²) in [5.41, 5.74) is 5.61. The van der Waals surface area contributed by atoms with Gasteiger partial charge in [-0.05, 0) is 66.3 Å². The van der Waals surface area contributed by atoms with E-state index in [1.54, 1.807) is 0 Å². The van der Waals surface area contributed by atoms with Crippen molar-refractivity contribution >= 4 is 21.7 Å². The van der Waals surface area contributed by atoms with E-state index in [-0.39, 0.29) is 0 Å². The molecule has 0 saturated carbocycles. The van der Waals surface area contributed by atoms with Crippen molar-refractivity contribution in [3.05, 3.63) is 96.6 Å². The maximum Gasteiger partial charge on any atom is 0.369 e. The number of hydrogen-bond donors (Lipinski definition) is 0. The zero-order valence-electron chi connectivity index (χ0n) is 23.5. The predicted octanol–water partition coefficient (Wildman–Crippen LogP) is 11.4. The van der Waals surface area contributed by atoms with Crippen LogP contribution in [0.15, 0.2) is 95.4 Å². The Labute approximate surface area is 233 Å². The summed E-state index contributed by atoms with van der Waals surface area (Å²) in [5, 5.41) is 3.51. The molecule has 5 aromatic rings. The zero-order valence-corrected chi connectivity index (χ0v) is 23.5. The molecular weight excluding hydrogens is 476 g/mol. The molecule has 0 unspecified atom stereocenters. The first kappa shape index (κ1) is 26.9. The van der Waals surface area contributed by atoms with Crippen molar-refractivity contribution in [3.8, 4) is 28.2 Å². The second kappa shape index (κ2) is 13.4. The summed E-state index contributed by atoms with van der Waals surface area (Å²) in [6.07, 6.45) is 11.9. The molecule has 0 aliphatic rings. The fourth-order valence-corrected chi connectivity index (χ4v) is 5.51. The molecule has 0 N–H and O–H groups in total. The summed E-state index contributed by atoms with van der Waals surface area (Å²) in [6.45, 7) is 5.23. The second-order valence-corrected chi connectivity index (χ2v) is 10.7. The van der Waals surface area contributed by atoms with Crippen LogP contribution in [0.2, 0.25) is 0 Å². The highest BCUT2D eigenvalue weighted by Crippen LogP contribution is 2.39. The Hall–Kier alpha value is -3.65. The van der Waals surface area contributed by atoms with Gasteiger partial charge in [-0.3, -0.25) is 0 Å². The van der Waals surface area contributed by atoms with Gasteiger partial charge in [0.1, 0.15) is 5.75 Å². The van der Waals surface area contributed by atoms with Crippen LogP contribution < -0.4 is 4.74 Å². The first-order valence-electron chi connectivity index (χ1n) is 14.8. The van der Waals surface area contributed by atoms with Crippen LogP contribution >= 0.6 is 0 Å². The van der Waals surface area contributed by atoms with E-state index in [2.05, 4.69) is 105 Å². The van der Waals surface area contributed by atoms with E-state index in [9.17, 15) is 0 Å². The lowest BCUT2D eigenvalue weighted by Gasteiger charge is -2.08. The highest BCUT2D eigenvalue weighted by molar-refractivity contribution is 6.10. The van der Waals surface area contributed by atoms with E-state index >= 15 is 0 Å². The normalized spacial score (nSPS) is 11.3. The monoisotopic (exact) mass is 517 g/mol. The number of benzene rings is 4. The molecule has 0 amide bonds. The van der Waals surface area contributed by atoms with Crippen molar-refractivity contribution in [1.82, 2.24) is 0 Å². The highest BCUT2D eigenvalue weighted by Gasteiger charge is 2.23. The topological polar surface area (TPSA) is 20.5 Å². The lowest BCUT2D eigenvalue weighted by molar-refractivity contribution is 0.304.